The first-order valence-electron chi connectivity index (χ1n) is 4.00. The van der Waals surface area contributed by atoms with Crippen molar-refractivity contribution in [3.05, 3.63) is 33.9 Å². The third kappa shape index (κ3) is 2.83. The van der Waals surface area contributed by atoms with Gasteiger partial charge in [0.25, 0.3) is 0 Å². The molecule has 92 valence electrons. The van der Waals surface area contributed by atoms with E-state index in [9.17, 15) is 28.1 Å². The molecule has 6 nitrogen and oxygen atoms in total. The van der Waals surface area contributed by atoms with E-state index in [1.54, 1.807) is 0 Å². The molecule has 0 saturated carbocycles. The summed E-state index contributed by atoms with van der Waals surface area (Å²) in [5.74, 6) is -6.02. The monoisotopic (exact) mass is 251 g/mol. The van der Waals surface area contributed by atoms with E-state index < -0.39 is 40.3 Å². The second-order valence-corrected chi connectivity index (χ2v) is 2.76. The number of halogens is 3. The summed E-state index contributed by atoms with van der Waals surface area (Å²) in [6, 6.07) is 0.363. The summed E-state index contributed by atoms with van der Waals surface area (Å²) in [7, 11) is 0. The third-order valence-electron chi connectivity index (χ3n) is 1.62. The van der Waals surface area contributed by atoms with Crippen LogP contribution in [0.15, 0.2) is 12.1 Å². The van der Waals surface area contributed by atoms with Crippen molar-refractivity contribution >= 4 is 11.7 Å². The topological polar surface area (TPSA) is 89.7 Å². The molecule has 17 heavy (non-hydrogen) atoms. The second kappa shape index (κ2) is 4.68. The number of nitro groups is 1. The minimum Gasteiger partial charge on any atom is -0.476 e. The van der Waals surface area contributed by atoms with Gasteiger partial charge in [-0.05, 0) is 0 Å². The van der Waals surface area contributed by atoms with Crippen molar-refractivity contribution in [3.63, 3.8) is 0 Å². The van der Waals surface area contributed by atoms with Crippen LogP contribution < -0.4 is 4.74 Å². The number of rotatable bonds is 4. The summed E-state index contributed by atoms with van der Waals surface area (Å²) in [6.45, 7) is 0. The van der Waals surface area contributed by atoms with Crippen molar-refractivity contribution in [1.29, 1.82) is 0 Å². The molecule has 0 amide bonds. The van der Waals surface area contributed by atoms with Crippen molar-refractivity contribution in [3.8, 4) is 5.75 Å². The number of aliphatic carboxylic acids is 1. The lowest BCUT2D eigenvalue weighted by molar-refractivity contribution is -0.387. The molecule has 0 spiro atoms. The van der Waals surface area contributed by atoms with Crippen LogP contribution in [-0.4, -0.2) is 22.4 Å². The molecule has 1 rings (SSSR count). The average molecular weight is 251 g/mol. The molecule has 0 aliphatic rings. The van der Waals surface area contributed by atoms with E-state index in [2.05, 4.69) is 4.74 Å². The summed E-state index contributed by atoms with van der Waals surface area (Å²) >= 11 is 0. The lowest BCUT2D eigenvalue weighted by Crippen LogP contribution is -2.22. The lowest BCUT2D eigenvalue weighted by atomic mass is 10.3. The fraction of sp³-hybridized carbons (Fsp3) is 0.125. The number of nitro benzene ring substituents is 1. The van der Waals surface area contributed by atoms with Gasteiger partial charge in [-0.15, -0.1) is 0 Å². The van der Waals surface area contributed by atoms with Crippen molar-refractivity contribution in [2.24, 2.45) is 0 Å². The molecule has 0 saturated heterocycles. The molecule has 0 heterocycles. The SMILES string of the molecule is O=C(O)C(F)Oc1cc(F)c([N+](=O)[O-])cc1F. The Hall–Kier alpha value is -2.32. The molecular formula is C8H4F3NO5. The van der Waals surface area contributed by atoms with E-state index >= 15 is 0 Å². The molecule has 1 aromatic rings. The van der Waals surface area contributed by atoms with Crippen LogP contribution >= 0.6 is 0 Å². The van der Waals surface area contributed by atoms with Gasteiger partial charge in [0.2, 0.25) is 5.82 Å². The van der Waals surface area contributed by atoms with Gasteiger partial charge >= 0.3 is 18.0 Å². The summed E-state index contributed by atoms with van der Waals surface area (Å²) < 4.78 is 42.5. The van der Waals surface area contributed by atoms with Gasteiger partial charge in [0.1, 0.15) is 0 Å². The third-order valence-corrected chi connectivity index (χ3v) is 1.62. The maximum atomic E-state index is 13.1. The van der Waals surface area contributed by atoms with Gasteiger partial charge < -0.3 is 9.84 Å². The quantitative estimate of drug-likeness (QED) is 0.648. The molecule has 1 unspecified atom stereocenters. The minimum absolute atomic E-state index is 0.166. The summed E-state index contributed by atoms with van der Waals surface area (Å²) in [6.07, 6.45) is -2.90. The van der Waals surface area contributed by atoms with Crippen LogP contribution in [0, 0.1) is 21.7 Å². The van der Waals surface area contributed by atoms with E-state index in [-0.39, 0.29) is 12.1 Å². The number of nitrogens with zero attached hydrogens (tertiary/aromatic N) is 1. The number of ether oxygens (including phenoxy) is 1. The smallest absolute Gasteiger partial charge is 0.378 e. The number of carbonyl (C=O) groups is 1. The van der Waals surface area contributed by atoms with E-state index in [1.807, 2.05) is 0 Å². The van der Waals surface area contributed by atoms with Crippen LogP contribution in [0.4, 0.5) is 18.9 Å². The van der Waals surface area contributed by atoms with Gasteiger partial charge in [0, 0.05) is 6.07 Å². The molecule has 0 aliphatic carbocycles. The molecule has 1 N–H and O–H groups in total. The second-order valence-electron chi connectivity index (χ2n) is 2.76. The van der Waals surface area contributed by atoms with E-state index in [0.717, 1.165) is 0 Å². The Labute approximate surface area is 91.4 Å². The highest BCUT2D eigenvalue weighted by molar-refractivity contribution is 5.70. The first-order chi connectivity index (χ1) is 7.82. The zero-order valence-electron chi connectivity index (χ0n) is 7.89. The Morgan fingerprint density at radius 3 is 2.47 bits per heavy atom. The number of hydrogen-bond acceptors (Lipinski definition) is 4. The number of hydrogen-bond donors (Lipinski definition) is 1. The molecule has 0 aliphatic heterocycles. The van der Waals surface area contributed by atoms with E-state index in [4.69, 9.17) is 5.11 Å². The van der Waals surface area contributed by atoms with Crippen molar-refractivity contribution in [1.82, 2.24) is 0 Å². The maximum Gasteiger partial charge on any atom is 0.378 e. The largest absolute Gasteiger partial charge is 0.476 e. The standard InChI is InChI=1S/C8H4F3NO5/c9-3-2-6(17-7(11)8(13)14)4(10)1-5(3)12(15)16/h1-2,7H,(H,13,14). The predicted molar refractivity (Wildman–Crippen MR) is 46.2 cm³/mol. The van der Waals surface area contributed by atoms with Gasteiger partial charge in [-0.1, -0.05) is 0 Å². The van der Waals surface area contributed by atoms with Gasteiger partial charge in [-0.25, -0.2) is 9.18 Å². The van der Waals surface area contributed by atoms with Gasteiger partial charge in [-0.3, -0.25) is 10.1 Å². The predicted octanol–water partition coefficient (Wildman–Crippen LogP) is 1.63. The van der Waals surface area contributed by atoms with Crippen LogP contribution in [0.3, 0.4) is 0 Å². The summed E-state index contributed by atoms with van der Waals surface area (Å²) in [5, 5.41) is 18.3. The highest BCUT2D eigenvalue weighted by Gasteiger charge is 2.24. The fourth-order valence-corrected chi connectivity index (χ4v) is 0.910. The Morgan fingerprint density at radius 1 is 1.41 bits per heavy atom. The van der Waals surface area contributed by atoms with Gasteiger partial charge in [0.05, 0.1) is 11.0 Å². The van der Waals surface area contributed by atoms with Crippen LogP contribution in [0.5, 0.6) is 5.75 Å². The van der Waals surface area contributed by atoms with Crippen LogP contribution in [-0.2, 0) is 4.79 Å². The molecule has 0 aromatic heterocycles. The Bertz CT molecular complexity index is 478. The van der Waals surface area contributed by atoms with Crippen LogP contribution in [0.2, 0.25) is 0 Å². The highest BCUT2D eigenvalue weighted by Crippen LogP contribution is 2.27. The lowest BCUT2D eigenvalue weighted by Gasteiger charge is -2.08. The molecule has 0 fully saturated rings. The Kier molecular flexibility index (Phi) is 3.51. The normalized spacial score (nSPS) is 11.9. The Morgan fingerprint density at radius 2 is 2.00 bits per heavy atom. The van der Waals surface area contributed by atoms with Crippen molar-refractivity contribution in [2.45, 2.75) is 6.36 Å². The molecular weight excluding hydrogens is 247 g/mol. The van der Waals surface area contributed by atoms with E-state index in [1.165, 1.54) is 0 Å². The molecule has 1 aromatic carbocycles. The minimum atomic E-state index is -2.90. The Balaban J connectivity index is 3.08. The summed E-state index contributed by atoms with van der Waals surface area (Å²) in [4.78, 5) is 19.1. The van der Waals surface area contributed by atoms with E-state index in [0.29, 0.717) is 0 Å². The van der Waals surface area contributed by atoms with Gasteiger partial charge in [0.15, 0.2) is 11.6 Å². The number of carboxylic acid groups (broad SMARTS) is 1. The molecule has 0 radical (unpaired) electrons. The zero-order chi connectivity index (χ0) is 13.2. The highest BCUT2D eigenvalue weighted by atomic mass is 19.1. The van der Waals surface area contributed by atoms with Crippen molar-refractivity contribution in [2.75, 3.05) is 0 Å². The number of carboxylic acids is 1. The molecule has 9 heteroatoms. The molecule has 1 atom stereocenters. The van der Waals surface area contributed by atoms with Crippen LogP contribution in [0.1, 0.15) is 0 Å². The number of benzene rings is 1. The summed E-state index contributed by atoms with van der Waals surface area (Å²) in [5.41, 5.74) is -1.17. The first kappa shape index (κ1) is 12.7. The number of alkyl halides is 1. The van der Waals surface area contributed by atoms with Crippen LogP contribution in [0.25, 0.3) is 0 Å². The average Bonchev–Trinajstić information content (AvgIpc) is 2.22. The fourth-order valence-electron chi connectivity index (χ4n) is 0.910. The molecule has 0 bridgehead atoms. The first-order valence-corrected chi connectivity index (χ1v) is 4.00. The van der Waals surface area contributed by atoms with Gasteiger partial charge in [-0.2, -0.15) is 8.78 Å². The maximum absolute atomic E-state index is 13.1. The zero-order valence-corrected chi connectivity index (χ0v) is 7.89. The van der Waals surface area contributed by atoms with Crippen molar-refractivity contribution < 1.29 is 32.7 Å².